The summed E-state index contributed by atoms with van der Waals surface area (Å²) in [5.41, 5.74) is 0. The Morgan fingerprint density at radius 3 is 2.11 bits per heavy atom. The lowest BCUT2D eigenvalue weighted by molar-refractivity contribution is 0.0708. The Kier molecular flexibility index (Phi) is 8.04. The van der Waals surface area contributed by atoms with E-state index < -0.39 is 8.80 Å². The molecule has 1 heterocycles. The molecule has 0 aromatic heterocycles. The molecular weight excluding hydrogens is 250 g/mol. The first-order chi connectivity index (χ1) is 8.76. The summed E-state index contributed by atoms with van der Waals surface area (Å²) in [6, 6.07) is 0.876. The largest absolute Gasteiger partial charge is 0.500 e. The molecule has 1 saturated heterocycles. The zero-order valence-electron chi connectivity index (χ0n) is 11.9. The van der Waals surface area contributed by atoms with Crippen molar-refractivity contribution in [1.82, 2.24) is 5.32 Å². The molecule has 0 saturated carbocycles. The molecular formula is C12H27NO4Si. The molecule has 1 fully saturated rings. The third-order valence-electron chi connectivity index (χ3n) is 2.70. The number of rotatable bonds is 12. The molecule has 1 atom stereocenters. The van der Waals surface area contributed by atoms with Gasteiger partial charge < -0.3 is 23.3 Å². The van der Waals surface area contributed by atoms with Gasteiger partial charge in [-0.15, -0.1) is 0 Å². The number of ether oxygens (including phenoxy) is 1. The van der Waals surface area contributed by atoms with Gasteiger partial charge in [-0.2, -0.15) is 0 Å². The second-order valence-corrected chi connectivity index (χ2v) is 6.98. The average Bonchev–Trinajstić information content (AvgIpc) is 3.14. The van der Waals surface area contributed by atoms with Gasteiger partial charge >= 0.3 is 8.80 Å². The molecule has 0 unspecified atom stereocenters. The zero-order chi connectivity index (χ0) is 13.3. The van der Waals surface area contributed by atoms with Gasteiger partial charge in [-0.05, 0) is 33.7 Å². The second kappa shape index (κ2) is 9.01. The minimum atomic E-state index is -2.43. The fourth-order valence-corrected chi connectivity index (χ4v) is 4.49. The normalized spacial score (nSPS) is 19.2. The summed E-state index contributed by atoms with van der Waals surface area (Å²) in [7, 11) is -2.43. The third-order valence-corrected chi connectivity index (χ3v) is 5.86. The monoisotopic (exact) mass is 277 g/mol. The summed E-state index contributed by atoms with van der Waals surface area (Å²) >= 11 is 0. The van der Waals surface area contributed by atoms with Crippen LogP contribution >= 0.6 is 0 Å². The van der Waals surface area contributed by atoms with E-state index in [1.54, 1.807) is 0 Å². The van der Waals surface area contributed by atoms with Gasteiger partial charge in [0.1, 0.15) is 0 Å². The summed E-state index contributed by atoms with van der Waals surface area (Å²) < 4.78 is 22.5. The molecule has 0 amide bonds. The van der Waals surface area contributed by atoms with Crippen LogP contribution in [0.4, 0.5) is 0 Å². The van der Waals surface area contributed by atoms with Gasteiger partial charge in [0, 0.05) is 32.4 Å². The van der Waals surface area contributed by atoms with Crippen LogP contribution < -0.4 is 5.32 Å². The molecule has 0 aromatic carbocycles. The van der Waals surface area contributed by atoms with Crippen LogP contribution in [-0.4, -0.2) is 54.4 Å². The van der Waals surface area contributed by atoms with E-state index in [4.69, 9.17) is 18.0 Å². The zero-order valence-corrected chi connectivity index (χ0v) is 12.9. The first kappa shape index (κ1) is 16.1. The maximum absolute atomic E-state index is 5.79. The van der Waals surface area contributed by atoms with Crippen molar-refractivity contribution in [2.24, 2.45) is 0 Å². The maximum Gasteiger partial charge on any atom is 0.500 e. The lowest BCUT2D eigenvalue weighted by Gasteiger charge is -2.28. The fraction of sp³-hybridized carbons (Fsp3) is 1.00. The van der Waals surface area contributed by atoms with Crippen LogP contribution in [0.1, 0.15) is 27.2 Å². The molecule has 0 radical (unpaired) electrons. The van der Waals surface area contributed by atoms with Crippen LogP contribution in [0.25, 0.3) is 0 Å². The molecule has 0 bridgehead atoms. The lowest BCUT2D eigenvalue weighted by atomic mass is 10.4. The summed E-state index contributed by atoms with van der Waals surface area (Å²) in [6.07, 6.45) is 1.46. The molecule has 18 heavy (non-hydrogen) atoms. The van der Waals surface area contributed by atoms with E-state index in [-0.39, 0.29) is 0 Å². The van der Waals surface area contributed by atoms with E-state index in [1.807, 2.05) is 20.8 Å². The number of epoxide rings is 1. The van der Waals surface area contributed by atoms with Gasteiger partial charge in [-0.1, -0.05) is 0 Å². The molecule has 0 aliphatic carbocycles. The summed E-state index contributed by atoms with van der Waals surface area (Å²) in [5, 5.41) is 3.38. The highest BCUT2D eigenvalue weighted by molar-refractivity contribution is 6.60. The molecule has 6 heteroatoms. The highest BCUT2D eigenvalue weighted by Gasteiger charge is 2.39. The van der Waals surface area contributed by atoms with E-state index in [0.717, 1.165) is 32.2 Å². The lowest BCUT2D eigenvalue weighted by Crippen LogP contribution is -2.46. The molecule has 0 spiro atoms. The van der Waals surface area contributed by atoms with Crippen LogP contribution in [0.2, 0.25) is 6.04 Å². The maximum atomic E-state index is 5.79. The van der Waals surface area contributed by atoms with Crippen molar-refractivity contribution in [2.45, 2.75) is 39.3 Å². The van der Waals surface area contributed by atoms with Gasteiger partial charge in [0.2, 0.25) is 0 Å². The minimum absolute atomic E-state index is 0.442. The third kappa shape index (κ3) is 6.26. The van der Waals surface area contributed by atoms with Crippen molar-refractivity contribution < 1.29 is 18.0 Å². The summed E-state index contributed by atoms with van der Waals surface area (Å²) in [4.78, 5) is 0. The van der Waals surface area contributed by atoms with E-state index >= 15 is 0 Å². The second-order valence-electron chi connectivity index (χ2n) is 4.25. The van der Waals surface area contributed by atoms with Gasteiger partial charge in [0.05, 0.1) is 12.7 Å². The van der Waals surface area contributed by atoms with Gasteiger partial charge in [0.25, 0.3) is 0 Å². The Hall–Kier alpha value is 0.0169. The minimum Gasteiger partial charge on any atom is -0.374 e. The molecule has 1 N–H and O–H groups in total. The number of nitrogens with one attached hydrogen (secondary N) is 1. The van der Waals surface area contributed by atoms with Gasteiger partial charge in [-0.3, -0.25) is 0 Å². The first-order valence-electron chi connectivity index (χ1n) is 7.00. The Morgan fingerprint density at radius 2 is 1.67 bits per heavy atom. The smallest absolute Gasteiger partial charge is 0.374 e. The molecule has 1 aliphatic rings. The van der Waals surface area contributed by atoms with Crippen LogP contribution in [0.15, 0.2) is 0 Å². The van der Waals surface area contributed by atoms with Crippen molar-refractivity contribution in [3.05, 3.63) is 0 Å². The van der Waals surface area contributed by atoms with Gasteiger partial charge in [-0.25, -0.2) is 0 Å². The highest BCUT2D eigenvalue weighted by Crippen LogP contribution is 2.17. The topological polar surface area (TPSA) is 52.2 Å². The summed E-state index contributed by atoms with van der Waals surface area (Å²) in [6.45, 7) is 10.7. The van der Waals surface area contributed by atoms with Gasteiger partial charge in [0.15, 0.2) is 0 Å². The van der Waals surface area contributed by atoms with Crippen molar-refractivity contribution in [2.75, 3.05) is 39.5 Å². The fourth-order valence-electron chi connectivity index (χ4n) is 1.88. The predicted octanol–water partition coefficient (Wildman–Crippen LogP) is 1.41. The molecule has 0 aromatic rings. The van der Waals surface area contributed by atoms with Crippen LogP contribution in [-0.2, 0) is 18.0 Å². The van der Waals surface area contributed by atoms with Crippen molar-refractivity contribution in [3.8, 4) is 0 Å². The first-order valence-corrected chi connectivity index (χ1v) is 8.93. The van der Waals surface area contributed by atoms with Crippen molar-refractivity contribution in [1.29, 1.82) is 0 Å². The van der Waals surface area contributed by atoms with E-state index in [0.29, 0.717) is 25.9 Å². The SMILES string of the molecule is CCO[Si](CCCNC[C@H]1CO1)(OCC)OCC. The molecule has 108 valence electrons. The Morgan fingerprint density at radius 1 is 1.11 bits per heavy atom. The van der Waals surface area contributed by atoms with Crippen LogP contribution in [0.3, 0.4) is 0 Å². The molecule has 1 aliphatic heterocycles. The Labute approximate surface area is 112 Å². The van der Waals surface area contributed by atoms with Crippen LogP contribution in [0.5, 0.6) is 0 Å². The Balaban J connectivity index is 2.22. The van der Waals surface area contributed by atoms with E-state index in [2.05, 4.69) is 5.32 Å². The molecule has 1 rings (SSSR count). The molecule has 5 nitrogen and oxygen atoms in total. The van der Waals surface area contributed by atoms with Crippen molar-refractivity contribution >= 4 is 8.80 Å². The quantitative estimate of drug-likeness (QED) is 0.332. The predicted molar refractivity (Wildman–Crippen MR) is 72.7 cm³/mol. The average molecular weight is 277 g/mol. The highest BCUT2D eigenvalue weighted by atomic mass is 28.4. The number of hydrogen-bond donors (Lipinski definition) is 1. The van der Waals surface area contributed by atoms with Crippen molar-refractivity contribution in [3.63, 3.8) is 0 Å². The Bertz CT molecular complexity index is 197. The summed E-state index contributed by atoms with van der Waals surface area (Å²) in [5.74, 6) is 0. The van der Waals surface area contributed by atoms with E-state index in [1.165, 1.54) is 0 Å². The number of hydrogen-bond acceptors (Lipinski definition) is 5. The standard InChI is InChI=1S/C12H27NO4Si/c1-4-15-18(16-5-2,17-6-3)9-7-8-13-10-12-11-14-12/h12-13H,4-11H2,1-3H3/t12-/m0/s1. The van der Waals surface area contributed by atoms with Crippen LogP contribution in [0, 0.1) is 0 Å². The van der Waals surface area contributed by atoms with E-state index in [9.17, 15) is 0 Å².